The van der Waals surface area contributed by atoms with Crippen molar-refractivity contribution in [1.29, 1.82) is 0 Å². The second kappa shape index (κ2) is 12.3. The number of rotatable bonds is 8. The number of benzene rings is 1. The van der Waals surface area contributed by atoms with Crippen molar-refractivity contribution in [3.8, 4) is 0 Å². The minimum atomic E-state index is -0.130. The average molecular weight is 443 g/mol. The highest BCUT2D eigenvalue weighted by Crippen LogP contribution is 2.43. The smallest absolute Gasteiger partial charge is 0.160 e. The number of unbranched alkanes of at least 4 members (excludes halogenated alkanes) is 1. The highest BCUT2D eigenvalue weighted by atomic mass is 19.1. The predicted molar refractivity (Wildman–Crippen MR) is 129 cm³/mol. The molecule has 0 N–H and O–H groups in total. The molecule has 1 aromatic carbocycles. The summed E-state index contributed by atoms with van der Waals surface area (Å²) < 4.78 is 25.3. The minimum absolute atomic E-state index is 0.0361. The Morgan fingerprint density at radius 1 is 0.844 bits per heavy atom. The maximum atomic E-state index is 13.1. The normalized spacial score (nSPS) is 34.1. The Morgan fingerprint density at radius 2 is 1.44 bits per heavy atom. The number of halogens is 1. The number of ether oxygens (including phenoxy) is 2. The molecule has 1 saturated heterocycles. The van der Waals surface area contributed by atoms with E-state index in [4.69, 9.17) is 9.47 Å². The van der Waals surface area contributed by atoms with E-state index in [1.54, 1.807) is 12.1 Å². The first-order valence-corrected chi connectivity index (χ1v) is 13.4. The Balaban J connectivity index is 1.12. The fourth-order valence-corrected chi connectivity index (χ4v) is 6.23. The maximum Gasteiger partial charge on any atom is 0.160 e. The van der Waals surface area contributed by atoms with Crippen LogP contribution >= 0.6 is 0 Å². The Morgan fingerprint density at radius 3 is 2.06 bits per heavy atom. The molecule has 32 heavy (non-hydrogen) atoms. The van der Waals surface area contributed by atoms with Crippen molar-refractivity contribution in [2.24, 2.45) is 29.6 Å². The molecule has 2 saturated carbocycles. The maximum absolute atomic E-state index is 13.1. The highest BCUT2D eigenvalue weighted by molar-refractivity contribution is 5.16. The predicted octanol–water partition coefficient (Wildman–Crippen LogP) is 7.72. The van der Waals surface area contributed by atoms with Gasteiger partial charge in [-0.15, -0.1) is 0 Å². The van der Waals surface area contributed by atoms with Gasteiger partial charge in [-0.3, -0.25) is 0 Å². The van der Waals surface area contributed by atoms with E-state index in [0.717, 1.165) is 43.8 Å². The SMILES string of the molecule is CCCC=CC1COC(C2CCC(C3CCC(CCc4ccc(F)cc4)CC3)CC2)OC1. The van der Waals surface area contributed by atoms with E-state index in [2.05, 4.69) is 19.1 Å². The van der Waals surface area contributed by atoms with Gasteiger partial charge < -0.3 is 9.47 Å². The van der Waals surface area contributed by atoms with Crippen molar-refractivity contribution < 1.29 is 13.9 Å². The fourth-order valence-electron chi connectivity index (χ4n) is 6.23. The van der Waals surface area contributed by atoms with Gasteiger partial charge in [0.15, 0.2) is 6.29 Å². The van der Waals surface area contributed by atoms with Crippen LogP contribution in [-0.4, -0.2) is 19.5 Å². The van der Waals surface area contributed by atoms with Crippen molar-refractivity contribution in [3.05, 3.63) is 47.8 Å². The van der Waals surface area contributed by atoms with Crippen LogP contribution in [0.15, 0.2) is 36.4 Å². The lowest BCUT2D eigenvalue weighted by Crippen LogP contribution is -2.38. The third-order valence-electron chi connectivity index (χ3n) is 8.33. The monoisotopic (exact) mass is 442 g/mol. The Labute approximate surface area is 195 Å². The first-order valence-electron chi connectivity index (χ1n) is 13.4. The molecular formula is C29H43FO2. The molecule has 2 nitrogen and oxygen atoms in total. The van der Waals surface area contributed by atoms with Crippen molar-refractivity contribution >= 4 is 0 Å². The van der Waals surface area contributed by atoms with Gasteiger partial charge in [-0.05, 0) is 93.2 Å². The highest BCUT2D eigenvalue weighted by Gasteiger charge is 2.35. The fraction of sp³-hybridized carbons (Fsp3) is 0.724. The molecule has 0 aromatic heterocycles. The molecule has 0 radical (unpaired) electrons. The largest absolute Gasteiger partial charge is 0.352 e. The number of aryl methyl sites for hydroxylation is 1. The molecule has 0 atom stereocenters. The second-order valence-corrected chi connectivity index (χ2v) is 10.6. The van der Waals surface area contributed by atoms with Crippen molar-refractivity contribution in [1.82, 2.24) is 0 Å². The molecule has 1 heterocycles. The summed E-state index contributed by atoms with van der Waals surface area (Å²) in [4.78, 5) is 0. The summed E-state index contributed by atoms with van der Waals surface area (Å²) in [6.07, 6.45) is 20.2. The van der Waals surface area contributed by atoms with Gasteiger partial charge in [-0.1, -0.05) is 50.5 Å². The number of hydrogen-bond donors (Lipinski definition) is 0. The summed E-state index contributed by atoms with van der Waals surface area (Å²) in [7, 11) is 0. The molecule has 1 aromatic rings. The Kier molecular flexibility index (Phi) is 9.22. The zero-order chi connectivity index (χ0) is 22.2. The van der Waals surface area contributed by atoms with Gasteiger partial charge in [0.2, 0.25) is 0 Å². The molecular weight excluding hydrogens is 399 g/mol. The summed E-state index contributed by atoms with van der Waals surface area (Å²) in [6.45, 7) is 3.87. The van der Waals surface area contributed by atoms with Crippen LogP contribution in [0, 0.1) is 35.4 Å². The first-order chi connectivity index (χ1) is 15.7. The number of allylic oxidation sites excluding steroid dienone is 1. The van der Waals surface area contributed by atoms with Crippen LogP contribution in [0.1, 0.15) is 83.1 Å². The van der Waals surface area contributed by atoms with Crippen LogP contribution in [-0.2, 0) is 15.9 Å². The lowest BCUT2D eigenvalue weighted by molar-refractivity contribution is -0.223. The van der Waals surface area contributed by atoms with Gasteiger partial charge in [0.1, 0.15) is 5.82 Å². The molecule has 178 valence electrons. The molecule has 0 bridgehead atoms. The van der Waals surface area contributed by atoms with Crippen LogP contribution in [0.25, 0.3) is 0 Å². The molecule has 0 spiro atoms. The van der Waals surface area contributed by atoms with Crippen LogP contribution in [0.5, 0.6) is 0 Å². The summed E-state index contributed by atoms with van der Waals surface area (Å²) in [5.41, 5.74) is 1.28. The van der Waals surface area contributed by atoms with Crippen LogP contribution in [0.4, 0.5) is 4.39 Å². The van der Waals surface area contributed by atoms with Crippen LogP contribution in [0.2, 0.25) is 0 Å². The quantitative estimate of drug-likeness (QED) is 0.384. The van der Waals surface area contributed by atoms with Gasteiger partial charge in [0.05, 0.1) is 13.2 Å². The summed E-state index contributed by atoms with van der Waals surface area (Å²) in [5, 5.41) is 0. The van der Waals surface area contributed by atoms with Crippen molar-refractivity contribution in [2.45, 2.75) is 90.3 Å². The van der Waals surface area contributed by atoms with Crippen LogP contribution in [0.3, 0.4) is 0 Å². The van der Waals surface area contributed by atoms with Gasteiger partial charge in [0, 0.05) is 11.8 Å². The van der Waals surface area contributed by atoms with Crippen LogP contribution < -0.4 is 0 Å². The van der Waals surface area contributed by atoms with E-state index in [1.807, 2.05) is 12.1 Å². The van der Waals surface area contributed by atoms with Gasteiger partial charge >= 0.3 is 0 Å². The topological polar surface area (TPSA) is 18.5 Å². The molecule has 3 aliphatic rings. The lowest BCUT2D eigenvalue weighted by atomic mass is 9.68. The third kappa shape index (κ3) is 6.90. The van der Waals surface area contributed by atoms with Crippen molar-refractivity contribution in [2.75, 3.05) is 13.2 Å². The standard InChI is InChI=1S/C29H43FO2/c1-2-3-4-5-24-20-31-29(32-21-24)27-16-14-26(15-17-27)25-12-8-22(9-13-25)6-7-23-10-18-28(30)19-11-23/h4-5,10-11,18-19,22,24-27,29H,2-3,6-9,12-17,20-21H2,1H3. The van der Waals surface area contributed by atoms with Gasteiger partial charge in [0.25, 0.3) is 0 Å². The summed E-state index contributed by atoms with van der Waals surface area (Å²) in [5.74, 6) is 3.61. The molecule has 0 unspecified atom stereocenters. The Bertz CT molecular complexity index is 676. The zero-order valence-electron chi connectivity index (χ0n) is 20.0. The summed E-state index contributed by atoms with van der Waals surface area (Å²) >= 11 is 0. The van der Waals surface area contributed by atoms with E-state index in [-0.39, 0.29) is 12.1 Å². The van der Waals surface area contributed by atoms with Crippen molar-refractivity contribution in [3.63, 3.8) is 0 Å². The molecule has 1 aliphatic heterocycles. The van der Waals surface area contributed by atoms with Gasteiger partial charge in [-0.25, -0.2) is 4.39 Å². The zero-order valence-corrected chi connectivity index (χ0v) is 20.0. The lowest BCUT2D eigenvalue weighted by Gasteiger charge is -2.40. The molecule has 4 rings (SSSR count). The molecule has 2 aliphatic carbocycles. The van der Waals surface area contributed by atoms with E-state index in [0.29, 0.717) is 11.8 Å². The van der Waals surface area contributed by atoms with E-state index in [9.17, 15) is 4.39 Å². The minimum Gasteiger partial charge on any atom is -0.352 e. The van der Waals surface area contributed by atoms with E-state index >= 15 is 0 Å². The summed E-state index contributed by atoms with van der Waals surface area (Å²) in [6, 6.07) is 7.08. The number of hydrogen-bond acceptors (Lipinski definition) is 2. The van der Waals surface area contributed by atoms with E-state index < -0.39 is 0 Å². The Hall–Kier alpha value is -1.19. The molecule has 3 heteroatoms. The third-order valence-corrected chi connectivity index (χ3v) is 8.33. The molecule has 0 amide bonds. The van der Waals surface area contributed by atoms with Gasteiger partial charge in [-0.2, -0.15) is 0 Å². The average Bonchev–Trinajstić information content (AvgIpc) is 2.85. The first kappa shape index (κ1) is 24.0. The van der Waals surface area contributed by atoms with E-state index in [1.165, 1.54) is 69.8 Å². The molecule has 3 fully saturated rings. The second-order valence-electron chi connectivity index (χ2n) is 10.6.